The average Bonchev–Trinajstić information content (AvgIpc) is 2.67. The van der Waals surface area contributed by atoms with E-state index in [0.29, 0.717) is 11.7 Å². The van der Waals surface area contributed by atoms with Crippen molar-refractivity contribution >= 4 is 11.7 Å². The minimum Gasteiger partial charge on any atom is -0.476 e. The van der Waals surface area contributed by atoms with Crippen LogP contribution in [0.15, 0.2) is 29.2 Å². The molecule has 0 atom stereocenters. The maximum absolute atomic E-state index is 12.1. The molecule has 27 heavy (non-hydrogen) atoms. The molecule has 1 N–H and O–H groups in total. The van der Waals surface area contributed by atoms with Gasteiger partial charge >= 0.3 is 0 Å². The first-order valence-corrected chi connectivity index (χ1v) is 9.22. The number of carbonyl (C=O) groups is 1. The van der Waals surface area contributed by atoms with Gasteiger partial charge in [0, 0.05) is 32.4 Å². The molecule has 144 valence electrons. The molecule has 2 aromatic heterocycles. The molecule has 0 unspecified atom stereocenters. The Morgan fingerprint density at radius 2 is 2.04 bits per heavy atom. The molecule has 1 aliphatic rings. The number of carbonyl (C=O) groups excluding carboxylic acids is 1. The Morgan fingerprint density at radius 1 is 1.26 bits per heavy atom. The fourth-order valence-electron chi connectivity index (χ4n) is 3.07. The van der Waals surface area contributed by atoms with E-state index in [4.69, 9.17) is 4.74 Å². The third-order valence-electron chi connectivity index (χ3n) is 4.49. The Morgan fingerprint density at radius 3 is 2.81 bits per heavy atom. The van der Waals surface area contributed by atoms with Crippen LogP contribution in [0.4, 0.5) is 5.82 Å². The van der Waals surface area contributed by atoms with Crippen molar-refractivity contribution in [2.24, 2.45) is 7.05 Å². The van der Waals surface area contributed by atoms with Crippen molar-refractivity contribution in [3.63, 3.8) is 0 Å². The summed E-state index contributed by atoms with van der Waals surface area (Å²) in [6.45, 7) is 4.37. The van der Waals surface area contributed by atoms with Gasteiger partial charge in [0.25, 0.3) is 11.5 Å². The zero-order chi connectivity index (χ0) is 19.2. The molecule has 8 nitrogen and oxygen atoms in total. The van der Waals surface area contributed by atoms with Crippen molar-refractivity contribution in [3.05, 3.63) is 46.1 Å². The number of aryl methyl sites for hydroxylation is 2. The number of ether oxygens (including phenoxy) is 1. The lowest BCUT2D eigenvalue weighted by Crippen LogP contribution is -2.34. The molecule has 0 bridgehead atoms. The third-order valence-corrected chi connectivity index (χ3v) is 4.49. The molecule has 1 saturated heterocycles. The summed E-state index contributed by atoms with van der Waals surface area (Å²) in [6, 6.07) is 5.02. The second-order valence-corrected chi connectivity index (χ2v) is 6.60. The summed E-state index contributed by atoms with van der Waals surface area (Å²) in [6.07, 6.45) is 5.21. The van der Waals surface area contributed by atoms with E-state index in [9.17, 15) is 9.59 Å². The number of piperidine rings is 1. The highest BCUT2D eigenvalue weighted by Crippen LogP contribution is 2.21. The average molecular weight is 371 g/mol. The fourth-order valence-corrected chi connectivity index (χ4v) is 3.07. The third kappa shape index (κ3) is 4.84. The number of hydrogen-bond acceptors (Lipinski definition) is 6. The van der Waals surface area contributed by atoms with Gasteiger partial charge in [-0.05, 0) is 38.3 Å². The second-order valence-electron chi connectivity index (χ2n) is 6.60. The van der Waals surface area contributed by atoms with Gasteiger partial charge in [-0.1, -0.05) is 0 Å². The highest BCUT2D eigenvalue weighted by atomic mass is 16.5. The summed E-state index contributed by atoms with van der Waals surface area (Å²) < 4.78 is 7.05. The highest BCUT2D eigenvalue weighted by Gasteiger charge is 2.14. The monoisotopic (exact) mass is 371 g/mol. The Balaban J connectivity index is 1.54. The number of nitrogens with zero attached hydrogens (tertiary/aromatic N) is 4. The maximum atomic E-state index is 12.1. The van der Waals surface area contributed by atoms with Gasteiger partial charge in [-0.25, -0.2) is 4.98 Å². The summed E-state index contributed by atoms with van der Waals surface area (Å²) in [5.74, 6) is 1.62. The molecule has 0 radical (unpaired) electrons. The number of nitrogens with one attached hydrogen (secondary N) is 1. The van der Waals surface area contributed by atoms with E-state index >= 15 is 0 Å². The molecule has 1 amide bonds. The van der Waals surface area contributed by atoms with Crippen LogP contribution in [0.1, 0.15) is 35.4 Å². The number of hydrogen-bond donors (Lipinski definition) is 1. The minimum atomic E-state index is -0.410. The van der Waals surface area contributed by atoms with Gasteiger partial charge in [0.05, 0.1) is 6.54 Å². The van der Waals surface area contributed by atoms with Crippen LogP contribution in [-0.4, -0.2) is 46.7 Å². The number of pyridine rings is 1. The van der Waals surface area contributed by atoms with Gasteiger partial charge in [-0.15, -0.1) is 0 Å². The number of aromatic nitrogens is 3. The van der Waals surface area contributed by atoms with Crippen LogP contribution in [0.25, 0.3) is 0 Å². The predicted molar refractivity (Wildman–Crippen MR) is 102 cm³/mol. The van der Waals surface area contributed by atoms with Gasteiger partial charge in [-0.2, -0.15) is 4.98 Å². The first-order chi connectivity index (χ1) is 13.0. The normalized spacial score (nSPS) is 14.1. The summed E-state index contributed by atoms with van der Waals surface area (Å²) in [5.41, 5.74) is -0.209. The molecule has 2 aromatic rings. The van der Waals surface area contributed by atoms with E-state index in [2.05, 4.69) is 20.2 Å². The Bertz CT molecular complexity index is 859. The van der Waals surface area contributed by atoms with E-state index in [1.165, 1.54) is 29.9 Å². The van der Waals surface area contributed by atoms with E-state index < -0.39 is 5.91 Å². The van der Waals surface area contributed by atoms with E-state index in [1.807, 2.05) is 13.0 Å². The summed E-state index contributed by atoms with van der Waals surface area (Å²) in [7, 11) is 1.61. The van der Waals surface area contributed by atoms with E-state index in [0.717, 1.165) is 18.9 Å². The first kappa shape index (κ1) is 18.9. The van der Waals surface area contributed by atoms with Crippen molar-refractivity contribution in [2.45, 2.75) is 26.2 Å². The number of amides is 1. The minimum absolute atomic E-state index is 0.116. The smallest absolute Gasteiger partial charge is 0.263 e. The summed E-state index contributed by atoms with van der Waals surface area (Å²) in [4.78, 5) is 35.1. The molecule has 8 heteroatoms. The quantitative estimate of drug-likeness (QED) is 0.770. The van der Waals surface area contributed by atoms with Crippen LogP contribution in [0, 0.1) is 6.92 Å². The van der Waals surface area contributed by atoms with Gasteiger partial charge in [0.1, 0.15) is 23.8 Å². The van der Waals surface area contributed by atoms with Crippen LogP contribution in [-0.2, 0) is 7.05 Å². The fraction of sp³-hybridized carbons (Fsp3) is 0.474. The lowest BCUT2D eigenvalue weighted by molar-refractivity contribution is 0.0944. The van der Waals surface area contributed by atoms with Gasteiger partial charge in [-0.3, -0.25) is 9.59 Å². The van der Waals surface area contributed by atoms with Crippen LogP contribution in [0.2, 0.25) is 0 Å². The molecular formula is C19H25N5O3. The SMILES string of the molecule is Cc1nc(OCCNC(=O)c2cccn(C)c2=O)cc(N2CCCCC2)n1. The molecule has 3 rings (SSSR count). The molecule has 0 saturated carbocycles. The van der Waals surface area contributed by atoms with Crippen LogP contribution in [0.3, 0.4) is 0 Å². The van der Waals surface area contributed by atoms with Crippen molar-refractivity contribution in [2.75, 3.05) is 31.1 Å². The van der Waals surface area contributed by atoms with Gasteiger partial charge < -0.3 is 19.5 Å². The topological polar surface area (TPSA) is 89.3 Å². The Labute approximate surface area is 158 Å². The largest absolute Gasteiger partial charge is 0.476 e. The summed E-state index contributed by atoms with van der Waals surface area (Å²) >= 11 is 0. The lowest BCUT2D eigenvalue weighted by Gasteiger charge is -2.28. The molecule has 3 heterocycles. The Hall–Kier alpha value is -2.90. The molecular weight excluding hydrogens is 346 g/mol. The maximum Gasteiger partial charge on any atom is 0.263 e. The van der Waals surface area contributed by atoms with Gasteiger partial charge in [0.2, 0.25) is 5.88 Å². The molecule has 0 aliphatic carbocycles. The molecule has 0 spiro atoms. The summed E-state index contributed by atoms with van der Waals surface area (Å²) in [5, 5.41) is 2.70. The lowest BCUT2D eigenvalue weighted by atomic mass is 10.1. The van der Waals surface area contributed by atoms with Crippen molar-refractivity contribution in [1.82, 2.24) is 19.9 Å². The van der Waals surface area contributed by atoms with E-state index in [1.54, 1.807) is 19.3 Å². The zero-order valence-electron chi connectivity index (χ0n) is 15.8. The zero-order valence-corrected chi connectivity index (χ0v) is 15.8. The number of rotatable bonds is 6. The van der Waals surface area contributed by atoms with E-state index in [-0.39, 0.29) is 24.3 Å². The number of anilines is 1. The van der Waals surface area contributed by atoms with Crippen molar-refractivity contribution < 1.29 is 9.53 Å². The predicted octanol–water partition coefficient (Wildman–Crippen LogP) is 1.28. The first-order valence-electron chi connectivity index (χ1n) is 9.22. The molecule has 1 fully saturated rings. The van der Waals surface area contributed by atoms with Crippen LogP contribution < -0.4 is 20.5 Å². The van der Waals surface area contributed by atoms with Gasteiger partial charge in [0.15, 0.2) is 0 Å². The second kappa shape index (κ2) is 8.66. The van der Waals surface area contributed by atoms with Crippen LogP contribution in [0.5, 0.6) is 5.88 Å². The van der Waals surface area contributed by atoms with Crippen molar-refractivity contribution in [1.29, 1.82) is 0 Å². The standard InChI is InChI=1S/C19H25N5O3/c1-14-21-16(24-10-4-3-5-11-24)13-17(22-14)27-12-8-20-18(25)15-7-6-9-23(2)19(15)26/h6-7,9,13H,3-5,8,10-12H2,1-2H3,(H,20,25). The molecule has 1 aliphatic heterocycles. The Kier molecular flexibility index (Phi) is 6.05. The molecule has 0 aromatic carbocycles. The van der Waals surface area contributed by atoms with Crippen LogP contribution >= 0.6 is 0 Å². The van der Waals surface area contributed by atoms with Crippen molar-refractivity contribution in [3.8, 4) is 5.88 Å². The highest BCUT2D eigenvalue weighted by molar-refractivity contribution is 5.93.